The summed E-state index contributed by atoms with van der Waals surface area (Å²) in [6, 6.07) is 2.57. The van der Waals surface area contributed by atoms with Crippen molar-refractivity contribution in [3.63, 3.8) is 0 Å². The predicted octanol–water partition coefficient (Wildman–Crippen LogP) is 1.06. The van der Waals surface area contributed by atoms with Gasteiger partial charge in [-0.3, -0.25) is 0 Å². The molecule has 1 aromatic carbocycles. The smallest absolute Gasteiger partial charge is 0.359 e. The summed E-state index contributed by atoms with van der Waals surface area (Å²) in [7, 11) is 2.10. The minimum absolute atomic E-state index is 0.199. The zero-order valence-electron chi connectivity index (χ0n) is 9.61. The van der Waals surface area contributed by atoms with Gasteiger partial charge in [-0.05, 0) is 12.1 Å². The highest BCUT2D eigenvalue weighted by Gasteiger charge is 2.31. The fourth-order valence-corrected chi connectivity index (χ4v) is 1.09. The van der Waals surface area contributed by atoms with Crippen LogP contribution in [0.25, 0.3) is 0 Å². The predicted molar refractivity (Wildman–Crippen MR) is 54.8 cm³/mol. The quantitative estimate of drug-likeness (QED) is 0.598. The molecular weight excluding hydrogens is 250 g/mol. The molecule has 0 spiro atoms. The second kappa shape index (κ2) is 5.95. The molecule has 5 nitrogen and oxygen atoms in total. The van der Waals surface area contributed by atoms with E-state index in [2.05, 4.69) is 9.47 Å². The standard InChI is InChI=1S/C11H10F2O5/c1-16-10(14)9(11(15)17-2)18-6-3-4-7(12)8(13)5-6/h3-5,9H,1-2H3. The highest BCUT2D eigenvalue weighted by molar-refractivity contribution is 5.98. The van der Waals surface area contributed by atoms with Crippen LogP contribution in [0.3, 0.4) is 0 Å². The van der Waals surface area contributed by atoms with Crippen LogP contribution in [0.1, 0.15) is 0 Å². The Morgan fingerprint density at radius 2 is 1.61 bits per heavy atom. The number of halogens is 2. The van der Waals surface area contributed by atoms with Crippen LogP contribution in [0, 0.1) is 11.6 Å². The number of hydrogen-bond acceptors (Lipinski definition) is 5. The van der Waals surface area contributed by atoms with E-state index in [0.717, 1.165) is 26.4 Å². The molecule has 0 saturated carbocycles. The number of carbonyl (C=O) groups excluding carboxylic acids is 2. The lowest BCUT2D eigenvalue weighted by Gasteiger charge is -2.14. The maximum absolute atomic E-state index is 12.9. The van der Waals surface area contributed by atoms with E-state index >= 15 is 0 Å². The molecule has 0 radical (unpaired) electrons. The number of carbonyl (C=O) groups is 2. The molecule has 0 bridgehead atoms. The molecule has 18 heavy (non-hydrogen) atoms. The fourth-order valence-electron chi connectivity index (χ4n) is 1.09. The topological polar surface area (TPSA) is 61.8 Å². The van der Waals surface area contributed by atoms with Crippen molar-refractivity contribution in [2.75, 3.05) is 14.2 Å². The Kier molecular flexibility index (Phi) is 4.59. The van der Waals surface area contributed by atoms with Gasteiger partial charge in [0.1, 0.15) is 5.75 Å². The van der Waals surface area contributed by atoms with E-state index in [1.54, 1.807) is 0 Å². The van der Waals surface area contributed by atoms with Crippen molar-refractivity contribution in [3.05, 3.63) is 29.8 Å². The third kappa shape index (κ3) is 3.16. The van der Waals surface area contributed by atoms with Crippen molar-refractivity contribution in [2.24, 2.45) is 0 Å². The fraction of sp³-hybridized carbons (Fsp3) is 0.273. The van der Waals surface area contributed by atoms with Crippen molar-refractivity contribution >= 4 is 11.9 Å². The van der Waals surface area contributed by atoms with Crippen LogP contribution in [0.5, 0.6) is 5.75 Å². The largest absolute Gasteiger partial charge is 0.467 e. The van der Waals surface area contributed by atoms with Gasteiger partial charge >= 0.3 is 11.9 Å². The molecule has 0 N–H and O–H groups in total. The minimum atomic E-state index is -1.69. The minimum Gasteiger partial charge on any atom is -0.467 e. The zero-order chi connectivity index (χ0) is 13.7. The SMILES string of the molecule is COC(=O)C(Oc1ccc(F)c(F)c1)C(=O)OC. The molecule has 98 valence electrons. The van der Waals surface area contributed by atoms with Gasteiger partial charge < -0.3 is 14.2 Å². The van der Waals surface area contributed by atoms with Gasteiger partial charge in [0, 0.05) is 6.07 Å². The number of hydrogen-bond donors (Lipinski definition) is 0. The molecule has 0 aromatic heterocycles. The van der Waals surface area contributed by atoms with Crippen LogP contribution in [0.15, 0.2) is 18.2 Å². The Labute approximate surface area is 101 Å². The zero-order valence-corrected chi connectivity index (χ0v) is 9.61. The van der Waals surface area contributed by atoms with E-state index in [1.807, 2.05) is 0 Å². The summed E-state index contributed by atoms with van der Waals surface area (Å²) in [5.74, 6) is -4.45. The molecule has 0 unspecified atom stereocenters. The monoisotopic (exact) mass is 260 g/mol. The first-order valence-electron chi connectivity index (χ1n) is 4.77. The summed E-state index contributed by atoms with van der Waals surface area (Å²) in [6.07, 6.45) is -1.69. The second-order valence-corrected chi connectivity index (χ2v) is 3.12. The van der Waals surface area contributed by atoms with Gasteiger partial charge in [0.2, 0.25) is 0 Å². The summed E-state index contributed by atoms with van der Waals surface area (Å²) < 4.78 is 39.1. The number of methoxy groups -OCH3 is 2. The molecule has 0 aliphatic carbocycles. The van der Waals surface area contributed by atoms with E-state index in [0.29, 0.717) is 6.07 Å². The van der Waals surface area contributed by atoms with Crippen LogP contribution in [0.2, 0.25) is 0 Å². The summed E-state index contributed by atoms with van der Waals surface area (Å²) in [5.41, 5.74) is 0. The van der Waals surface area contributed by atoms with E-state index in [1.165, 1.54) is 0 Å². The number of esters is 2. The first-order valence-corrected chi connectivity index (χ1v) is 4.77. The molecule has 0 fully saturated rings. The van der Waals surface area contributed by atoms with Crippen molar-refractivity contribution in [1.82, 2.24) is 0 Å². The van der Waals surface area contributed by atoms with Gasteiger partial charge in [-0.1, -0.05) is 0 Å². The number of rotatable bonds is 4. The number of benzene rings is 1. The van der Waals surface area contributed by atoms with Crippen LogP contribution >= 0.6 is 0 Å². The lowest BCUT2D eigenvalue weighted by Crippen LogP contribution is -2.37. The van der Waals surface area contributed by atoms with Crippen LogP contribution in [-0.2, 0) is 19.1 Å². The Balaban J connectivity index is 2.92. The van der Waals surface area contributed by atoms with E-state index in [9.17, 15) is 18.4 Å². The third-order valence-electron chi connectivity index (χ3n) is 1.98. The molecule has 0 amide bonds. The van der Waals surface area contributed by atoms with Gasteiger partial charge in [0.15, 0.2) is 11.6 Å². The van der Waals surface area contributed by atoms with Crippen LogP contribution in [-0.4, -0.2) is 32.3 Å². The van der Waals surface area contributed by atoms with Crippen LogP contribution < -0.4 is 4.74 Å². The van der Waals surface area contributed by atoms with Gasteiger partial charge in [0.25, 0.3) is 6.10 Å². The summed E-state index contributed by atoms with van der Waals surface area (Å²) >= 11 is 0. The molecular formula is C11H10F2O5. The average molecular weight is 260 g/mol. The Morgan fingerprint density at radius 1 is 1.06 bits per heavy atom. The van der Waals surface area contributed by atoms with Gasteiger partial charge in [-0.25, -0.2) is 18.4 Å². The molecule has 1 aromatic rings. The first kappa shape index (κ1) is 13.9. The number of ether oxygens (including phenoxy) is 3. The van der Waals surface area contributed by atoms with Gasteiger partial charge in [-0.15, -0.1) is 0 Å². The summed E-state index contributed by atoms with van der Waals surface area (Å²) in [5, 5.41) is 0. The highest BCUT2D eigenvalue weighted by Crippen LogP contribution is 2.17. The lowest BCUT2D eigenvalue weighted by atomic mass is 10.3. The van der Waals surface area contributed by atoms with Crippen LogP contribution in [0.4, 0.5) is 8.78 Å². The van der Waals surface area contributed by atoms with Crippen molar-refractivity contribution in [2.45, 2.75) is 6.10 Å². The Hall–Kier alpha value is -2.18. The molecule has 0 aliphatic rings. The lowest BCUT2D eigenvalue weighted by molar-refractivity contribution is -0.163. The highest BCUT2D eigenvalue weighted by atomic mass is 19.2. The van der Waals surface area contributed by atoms with E-state index in [4.69, 9.17) is 4.74 Å². The molecule has 0 aliphatic heterocycles. The first-order chi connectivity index (χ1) is 8.49. The third-order valence-corrected chi connectivity index (χ3v) is 1.98. The summed E-state index contributed by atoms with van der Waals surface area (Å²) in [6.45, 7) is 0. The van der Waals surface area contributed by atoms with Crippen molar-refractivity contribution < 1.29 is 32.6 Å². The van der Waals surface area contributed by atoms with Gasteiger partial charge in [0.05, 0.1) is 14.2 Å². The average Bonchev–Trinajstić information content (AvgIpc) is 2.38. The molecule has 0 atom stereocenters. The second-order valence-electron chi connectivity index (χ2n) is 3.12. The normalized spacial score (nSPS) is 10.1. The Morgan fingerprint density at radius 3 is 2.06 bits per heavy atom. The maximum atomic E-state index is 12.9. The maximum Gasteiger partial charge on any atom is 0.359 e. The molecule has 0 saturated heterocycles. The molecule has 0 heterocycles. The summed E-state index contributed by atoms with van der Waals surface area (Å²) in [4.78, 5) is 22.5. The molecule has 1 rings (SSSR count). The molecule has 7 heteroatoms. The van der Waals surface area contributed by atoms with E-state index < -0.39 is 29.7 Å². The van der Waals surface area contributed by atoms with Crippen molar-refractivity contribution in [1.29, 1.82) is 0 Å². The van der Waals surface area contributed by atoms with Crippen molar-refractivity contribution in [3.8, 4) is 5.75 Å². The Bertz CT molecular complexity index is 445. The van der Waals surface area contributed by atoms with E-state index in [-0.39, 0.29) is 5.75 Å². The van der Waals surface area contributed by atoms with Gasteiger partial charge in [-0.2, -0.15) is 0 Å².